The number of rotatable bonds is 16. The molecule has 224 valence electrons. The second-order valence-electron chi connectivity index (χ2n) is 12.1. The molecule has 39 heavy (non-hydrogen) atoms. The fourth-order valence-corrected chi connectivity index (χ4v) is 6.08. The van der Waals surface area contributed by atoms with Crippen LogP contribution in [0, 0.1) is 17.8 Å². The molecule has 8 atom stereocenters. The van der Waals surface area contributed by atoms with Gasteiger partial charge in [-0.2, -0.15) is 0 Å². The van der Waals surface area contributed by atoms with Gasteiger partial charge < -0.3 is 29.2 Å². The monoisotopic (exact) mass is 550 g/mol. The summed E-state index contributed by atoms with van der Waals surface area (Å²) in [6, 6.07) is 0. The summed E-state index contributed by atoms with van der Waals surface area (Å²) in [6.45, 7) is 7.98. The van der Waals surface area contributed by atoms with Crippen molar-refractivity contribution in [3.63, 3.8) is 0 Å². The highest BCUT2D eigenvalue weighted by Crippen LogP contribution is 2.40. The quantitative estimate of drug-likeness (QED) is 0.162. The van der Waals surface area contributed by atoms with Gasteiger partial charge in [-0.25, -0.2) is 0 Å². The molecule has 0 aromatic carbocycles. The molecule has 2 aliphatic heterocycles. The molecule has 3 fully saturated rings. The summed E-state index contributed by atoms with van der Waals surface area (Å²) < 4.78 is 24.8. The van der Waals surface area contributed by atoms with Crippen LogP contribution in [0.2, 0.25) is 0 Å². The molecule has 7 heteroatoms. The van der Waals surface area contributed by atoms with Crippen LogP contribution >= 0.6 is 0 Å². The first-order valence-corrected chi connectivity index (χ1v) is 15.6. The molecular weight excluding hydrogens is 496 g/mol. The van der Waals surface area contributed by atoms with Gasteiger partial charge in [0.25, 0.3) is 0 Å². The predicted octanol–water partition coefficient (Wildman–Crippen LogP) is 6.78. The molecule has 1 aliphatic carbocycles. The summed E-state index contributed by atoms with van der Waals surface area (Å²) in [7, 11) is 0. The van der Waals surface area contributed by atoms with Crippen LogP contribution in [0.3, 0.4) is 0 Å². The van der Waals surface area contributed by atoms with Crippen molar-refractivity contribution >= 4 is 5.97 Å². The van der Waals surface area contributed by atoms with Crippen molar-refractivity contribution in [2.45, 2.75) is 142 Å². The Hall–Kier alpha value is -1.25. The zero-order valence-corrected chi connectivity index (χ0v) is 24.6. The maximum Gasteiger partial charge on any atom is 0.303 e. The maximum absolute atomic E-state index is 11.1. The molecule has 7 nitrogen and oxygen atoms in total. The van der Waals surface area contributed by atoms with E-state index in [9.17, 15) is 9.90 Å². The minimum absolute atomic E-state index is 0.0790. The highest BCUT2D eigenvalue weighted by Gasteiger charge is 2.43. The molecule has 1 saturated carbocycles. The zero-order valence-electron chi connectivity index (χ0n) is 24.6. The molecule has 3 unspecified atom stereocenters. The van der Waals surface area contributed by atoms with Gasteiger partial charge in [-0.05, 0) is 83.5 Å². The largest absolute Gasteiger partial charge is 0.481 e. The second-order valence-corrected chi connectivity index (χ2v) is 12.1. The fourth-order valence-electron chi connectivity index (χ4n) is 6.08. The fraction of sp³-hybridized carbons (Fsp3) is 0.844. The van der Waals surface area contributed by atoms with Gasteiger partial charge in [0.1, 0.15) is 0 Å². The van der Waals surface area contributed by atoms with Crippen LogP contribution in [-0.4, -0.2) is 60.3 Å². The summed E-state index contributed by atoms with van der Waals surface area (Å²) in [5.41, 5.74) is 1.31. The molecule has 2 saturated heterocycles. The van der Waals surface area contributed by atoms with Crippen LogP contribution in [-0.2, 0) is 23.7 Å². The number of aliphatic carboxylic acids is 1. The van der Waals surface area contributed by atoms with E-state index < -0.39 is 12.1 Å². The molecule has 0 amide bonds. The molecular formula is C32H54O7. The summed E-state index contributed by atoms with van der Waals surface area (Å²) in [5, 5.41) is 20.0. The lowest BCUT2D eigenvalue weighted by atomic mass is 9.87. The third-order valence-electron chi connectivity index (χ3n) is 8.46. The Morgan fingerprint density at radius 1 is 1.00 bits per heavy atom. The average molecular weight is 551 g/mol. The Bertz CT molecular complexity index is 750. The van der Waals surface area contributed by atoms with E-state index in [4.69, 9.17) is 24.1 Å². The van der Waals surface area contributed by atoms with Crippen molar-refractivity contribution < 1.29 is 34.0 Å². The van der Waals surface area contributed by atoms with Gasteiger partial charge in [0.15, 0.2) is 12.6 Å². The number of allylic oxidation sites excluding steroid dienone is 2. The van der Waals surface area contributed by atoms with E-state index in [0.29, 0.717) is 18.8 Å². The van der Waals surface area contributed by atoms with E-state index in [0.717, 1.165) is 83.8 Å². The molecule has 2 heterocycles. The molecule has 2 N–H and O–H groups in total. The molecule has 0 spiro atoms. The number of aliphatic hydroxyl groups excluding tert-OH is 1. The molecule has 0 bridgehead atoms. The third-order valence-corrected chi connectivity index (χ3v) is 8.46. The number of ether oxygens (including phenoxy) is 4. The van der Waals surface area contributed by atoms with E-state index >= 15 is 0 Å². The SMILES string of the molecule is CC(C)=CCC(C)[C@@H](/C=C/[C@@H]1[C@@H](CCCCCCC(=O)O)[C@@H](O)C[C@H]1OC1CCCCO1)OC1CCCCO1. The van der Waals surface area contributed by atoms with Gasteiger partial charge in [-0.1, -0.05) is 50.0 Å². The lowest BCUT2D eigenvalue weighted by Crippen LogP contribution is -2.32. The molecule has 3 aliphatic rings. The smallest absolute Gasteiger partial charge is 0.303 e. The van der Waals surface area contributed by atoms with Crippen molar-refractivity contribution in [1.29, 1.82) is 0 Å². The molecule has 0 aromatic heterocycles. The number of unbranched alkanes of at least 4 members (excludes halogenated alkanes) is 3. The van der Waals surface area contributed by atoms with Gasteiger partial charge in [0.05, 0.1) is 18.3 Å². The normalized spacial score (nSPS) is 31.3. The highest BCUT2D eigenvalue weighted by atomic mass is 16.7. The van der Waals surface area contributed by atoms with Gasteiger partial charge in [-0.15, -0.1) is 0 Å². The minimum atomic E-state index is -0.731. The van der Waals surface area contributed by atoms with E-state index in [2.05, 4.69) is 39.0 Å². The lowest BCUT2D eigenvalue weighted by Gasteiger charge is -2.31. The third kappa shape index (κ3) is 11.6. The van der Waals surface area contributed by atoms with Gasteiger partial charge >= 0.3 is 5.97 Å². The lowest BCUT2D eigenvalue weighted by molar-refractivity contribution is -0.193. The number of aliphatic hydroxyl groups is 1. The van der Waals surface area contributed by atoms with Crippen molar-refractivity contribution in [3.05, 3.63) is 23.8 Å². The summed E-state index contributed by atoms with van der Waals surface area (Å²) >= 11 is 0. The van der Waals surface area contributed by atoms with Gasteiger partial charge in [-0.3, -0.25) is 4.79 Å². The highest BCUT2D eigenvalue weighted by molar-refractivity contribution is 5.66. The predicted molar refractivity (Wildman–Crippen MR) is 152 cm³/mol. The molecule has 0 aromatic rings. The van der Waals surface area contributed by atoms with Crippen molar-refractivity contribution in [1.82, 2.24) is 0 Å². The Morgan fingerprint density at radius 3 is 2.33 bits per heavy atom. The topological polar surface area (TPSA) is 94.5 Å². The van der Waals surface area contributed by atoms with Gasteiger partial charge in [0.2, 0.25) is 0 Å². The number of carbonyl (C=O) groups is 1. The second kappa shape index (κ2) is 17.5. The van der Waals surface area contributed by atoms with E-state index in [-0.39, 0.29) is 43.0 Å². The standard InChI is InChI=1S/C32H54O7/c1-23(2)16-17-24(3)28(38-31-14-8-10-20-36-31)19-18-26-25(12-6-4-5-7-13-30(34)35)27(33)22-29(26)39-32-15-9-11-21-37-32/h16,18-19,24-29,31-33H,4-15,17,20-22H2,1-3H3,(H,34,35)/b19-18+/t24?,25-,26-,27+,28-,29-,31?,32?/m1/s1. The Kier molecular flexibility index (Phi) is 14.5. The first-order chi connectivity index (χ1) is 18.8. The number of hydrogen-bond donors (Lipinski definition) is 2. The van der Waals surface area contributed by atoms with Crippen LogP contribution in [0.1, 0.15) is 111 Å². The van der Waals surface area contributed by atoms with E-state index in [1.807, 2.05) is 0 Å². The van der Waals surface area contributed by atoms with Crippen LogP contribution in [0.15, 0.2) is 23.8 Å². The van der Waals surface area contributed by atoms with Crippen LogP contribution in [0.25, 0.3) is 0 Å². The van der Waals surface area contributed by atoms with Crippen molar-refractivity contribution in [2.75, 3.05) is 13.2 Å². The van der Waals surface area contributed by atoms with Crippen LogP contribution < -0.4 is 0 Å². The average Bonchev–Trinajstić information content (AvgIpc) is 3.21. The zero-order chi connectivity index (χ0) is 28.0. The number of carboxylic acids is 1. The first-order valence-electron chi connectivity index (χ1n) is 15.6. The van der Waals surface area contributed by atoms with Crippen LogP contribution in [0.4, 0.5) is 0 Å². The number of hydrogen-bond acceptors (Lipinski definition) is 6. The Labute approximate surface area is 236 Å². The van der Waals surface area contributed by atoms with Crippen LogP contribution in [0.5, 0.6) is 0 Å². The first kappa shape index (κ1) is 32.3. The van der Waals surface area contributed by atoms with Crippen molar-refractivity contribution in [2.24, 2.45) is 17.8 Å². The van der Waals surface area contributed by atoms with Crippen molar-refractivity contribution in [3.8, 4) is 0 Å². The minimum Gasteiger partial charge on any atom is -0.481 e. The molecule has 0 radical (unpaired) electrons. The maximum atomic E-state index is 11.1. The Morgan fingerprint density at radius 2 is 1.69 bits per heavy atom. The number of carboxylic acid groups (broad SMARTS) is 1. The molecule has 3 rings (SSSR count). The van der Waals surface area contributed by atoms with E-state index in [1.165, 1.54) is 5.57 Å². The summed E-state index contributed by atoms with van der Waals surface area (Å²) in [5.74, 6) is -0.250. The Balaban J connectivity index is 1.70. The summed E-state index contributed by atoms with van der Waals surface area (Å²) in [6.07, 6.45) is 18.3. The van der Waals surface area contributed by atoms with E-state index in [1.54, 1.807) is 0 Å². The summed E-state index contributed by atoms with van der Waals surface area (Å²) in [4.78, 5) is 10.8. The van der Waals surface area contributed by atoms with Gasteiger partial charge in [0, 0.05) is 32.0 Å².